The molecule has 126 valence electrons. The lowest BCUT2D eigenvalue weighted by Crippen LogP contribution is -2.53. The topological polar surface area (TPSA) is 68.0 Å². The van der Waals surface area contributed by atoms with Crippen LogP contribution in [-0.2, 0) is 0 Å². The summed E-state index contributed by atoms with van der Waals surface area (Å²) in [5, 5.41) is 4.60. The van der Waals surface area contributed by atoms with E-state index < -0.39 is 0 Å². The van der Waals surface area contributed by atoms with E-state index in [1.807, 2.05) is 31.2 Å². The first-order chi connectivity index (χ1) is 11.5. The predicted octanol–water partition coefficient (Wildman–Crippen LogP) is 3.62. The number of fused-ring (bicyclic) bond motifs is 1. The van der Waals surface area contributed by atoms with Gasteiger partial charge in [-0.15, -0.1) is 0 Å². The molecule has 2 aliphatic rings. The number of halogens is 1. The van der Waals surface area contributed by atoms with Gasteiger partial charge in [-0.1, -0.05) is 11.6 Å². The van der Waals surface area contributed by atoms with E-state index in [1.54, 1.807) is 0 Å². The summed E-state index contributed by atoms with van der Waals surface area (Å²) in [7, 11) is 0. The summed E-state index contributed by atoms with van der Waals surface area (Å²) in [5.74, 6) is 0.887. The van der Waals surface area contributed by atoms with E-state index in [-0.39, 0.29) is 11.4 Å². The first-order valence-corrected chi connectivity index (χ1v) is 9.01. The molecule has 0 bridgehead atoms. The molecule has 1 atom stereocenters. The second-order valence-corrected chi connectivity index (χ2v) is 7.82. The molecule has 1 amide bonds. The van der Waals surface area contributed by atoms with Gasteiger partial charge in [0, 0.05) is 28.6 Å². The molecule has 24 heavy (non-hydrogen) atoms. The van der Waals surface area contributed by atoms with Crippen LogP contribution in [0.5, 0.6) is 0 Å². The third-order valence-corrected chi connectivity index (χ3v) is 5.57. The third-order valence-electron chi connectivity index (χ3n) is 5.33. The molecule has 0 spiro atoms. The standard InChI is InChI=1S/C19H22ClN3O/c1-19(10-21,12-4-5-12)23-18(24)15-9-17(11-2-3-11)22-16-7-6-13(20)8-14(15)16/h6-9,11-12H,2-5,10,21H2,1H3,(H,23,24). The number of hydrogen-bond donors (Lipinski definition) is 2. The first kappa shape index (κ1) is 15.9. The Morgan fingerprint density at radius 3 is 2.71 bits per heavy atom. The number of pyridine rings is 1. The lowest BCUT2D eigenvalue weighted by Gasteiger charge is -2.29. The van der Waals surface area contributed by atoms with Gasteiger partial charge in [0.1, 0.15) is 0 Å². The van der Waals surface area contributed by atoms with E-state index in [1.165, 1.54) is 0 Å². The van der Waals surface area contributed by atoms with E-state index >= 15 is 0 Å². The Morgan fingerprint density at radius 1 is 1.33 bits per heavy atom. The van der Waals surface area contributed by atoms with Gasteiger partial charge in [0.15, 0.2) is 0 Å². The number of nitrogens with two attached hydrogens (primary N) is 1. The van der Waals surface area contributed by atoms with Crippen LogP contribution in [0.4, 0.5) is 0 Å². The zero-order valence-corrected chi connectivity index (χ0v) is 14.6. The molecular weight excluding hydrogens is 322 g/mol. The van der Waals surface area contributed by atoms with Gasteiger partial charge in [-0.05, 0) is 62.8 Å². The summed E-state index contributed by atoms with van der Waals surface area (Å²) in [6.07, 6.45) is 4.56. The Hall–Kier alpha value is -1.65. The van der Waals surface area contributed by atoms with Crippen molar-refractivity contribution in [3.8, 4) is 0 Å². The summed E-state index contributed by atoms with van der Waals surface area (Å²) >= 11 is 6.15. The molecule has 0 aliphatic heterocycles. The summed E-state index contributed by atoms with van der Waals surface area (Å²) in [6.45, 7) is 2.49. The van der Waals surface area contributed by atoms with Crippen molar-refractivity contribution >= 4 is 28.4 Å². The third kappa shape index (κ3) is 2.89. The highest BCUT2D eigenvalue weighted by molar-refractivity contribution is 6.31. The van der Waals surface area contributed by atoms with E-state index in [9.17, 15) is 4.79 Å². The Kier molecular flexibility index (Phi) is 3.77. The molecule has 1 aromatic heterocycles. The molecule has 5 heteroatoms. The van der Waals surface area contributed by atoms with Crippen LogP contribution < -0.4 is 11.1 Å². The van der Waals surface area contributed by atoms with Crippen molar-refractivity contribution in [1.29, 1.82) is 0 Å². The maximum absolute atomic E-state index is 13.0. The molecule has 1 heterocycles. The highest BCUT2D eigenvalue weighted by atomic mass is 35.5. The van der Waals surface area contributed by atoms with Gasteiger partial charge in [0.25, 0.3) is 5.91 Å². The van der Waals surface area contributed by atoms with Gasteiger partial charge in [0.2, 0.25) is 0 Å². The monoisotopic (exact) mass is 343 g/mol. The fourth-order valence-electron chi connectivity index (χ4n) is 3.36. The first-order valence-electron chi connectivity index (χ1n) is 8.63. The molecule has 2 aromatic rings. The largest absolute Gasteiger partial charge is 0.345 e. The van der Waals surface area contributed by atoms with Crippen molar-refractivity contribution in [3.05, 3.63) is 40.5 Å². The van der Waals surface area contributed by atoms with Crippen LogP contribution in [0.15, 0.2) is 24.3 Å². The van der Waals surface area contributed by atoms with Crippen LogP contribution in [0.2, 0.25) is 5.02 Å². The number of benzene rings is 1. The minimum absolute atomic E-state index is 0.0774. The number of carbonyl (C=O) groups is 1. The lowest BCUT2D eigenvalue weighted by molar-refractivity contribution is 0.0899. The number of carbonyl (C=O) groups excluding carboxylic acids is 1. The van der Waals surface area contributed by atoms with Gasteiger partial charge in [-0.2, -0.15) is 0 Å². The van der Waals surface area contributed by atoms with Gasteiger partial charge in [0.05, 0.1) is 16.6 Å². The molecule has 2 fully saturated rings. The number of nitrogens with zero attached hydrogens (tertiary/aromatic N) is 1. The maximum atomic E-state index is 13.0. The molecule has 3 N–H and O–H groups in total. The van der Waals surface area contributed by atoms with Crippen LogP contribution in [-0.4, -0.2) is 23.0 Å². The number of hydrogen-bond acceptors (Lipinski definition) is 3. The van der Waals surface area contributed by atoms with Crippen LogP contribution in [0.25, 0.3) is 10.9 Å². The van der Waals surface area contributed by atoms with Crippen molar-refractivity contribution < 1.29 is 4.79 Å². The zero-order valence-electron chi connectivity index (χ0n) is 13.8. The molecule has 1 aromatic carbocycles. The quantitative estimate of drug-likeness (QED) is 0.871. The number of nitrogens with one attached hydrogen (secondary N) is 1. The molecule has 4 nitrogen and oxygen atoms in total. The predicted molar refractivity (Wildman–Crippen MR) is 96.4 cm³/mol. The second kappa shape index (κ2) is 5.71. The Balaban J connectivity index is 1.76. The van der Waals surface area contributed by atoms with Crippen LogP contribution in [0, 0.1) is 5.92 Å². The molecule has 2 saturated carbocycles. The van der Waals surface area contributed by atoms with Crippen LogP contribution >= 0.6 is 11.6 Å². The Morgan fingerprint density at radius 2 is 2.08 bits per heavy atom. The highest BCUT2D eigenvalue weighted by Crippen LogP contribution is 2.41. The molecule has 1 unspecified atom stereocenters. The maximum Gasteiger partial charge on any atom is 0.252 e. The average Bonchev–Trinajstić information content (AvgIpc) is 3.45. The average molecular weight is 344 g/mol. The highest BCUT2D eigenvalue weighted by Gasteiger charge is 2.42. The fourth-order valence-corrected chi connectivity index (χ4v) is 3.53. The van der Waals surface area contributed by atoms with Crippen molar-refractivity contribution in [3.63, 3.8) is 0 Å². The fraction of sp³-hybridized carbons (Fsp3) is 0.474. The summed E-state index contributed by atoms with van der Waals surface area (Å²) < 4.78 is 0. The Bertz CT molecular complexity index is 814. The number of rotatable bonds is 5. The summed E-state index contributed by atoms with van der Waals surface area (Å²) in [5.41, 5.74) is 8.10. The Labute approximate surface area is 146 Å². The zero-order chi connectivity index (χ0) is 16.9. The smallest absolute Gasteiger partial charge is 0.252 e. The van der Waals surface area contributed by atoms with Crippen molar-refractivity contribution in [2.45, 2.75) is 44.1 Å². The SMILES string of the molecule is CC(CN)(NC(=O)c1cc(C2CC2)nc2ccc(Cl)cc12)C1CC1. The van der Waals surface area contributed by atoms with Gasteiger partial charge in [-0.25, -0.2) is 0 Å². The molecule has 4 rings (SSSR count). The normalized spacial score (nSPS) is 20.0. The van der Waals surface area contributed by atoms with Crippen molar-refractivity contribution in [2.24, 2.45) is 11.7 Å². The minimum atomic E-state index is -0.342. The molecular formula is C19H22ClN3O. The van der Waals surface area contributed by atoms with Gasteiger partial charge in [-0.3, -0.25) is 9.78 Å². The van der Waals surface area contributed by atoms with Crippen LogP contribution in [0.3, 0.4) is 0 Å². The minimum Gasteiger partial charge on any atom is -0.345 e. The lowest BCUT2D eigenvalue weighted by atomic mass is 9.95. The van der Waals surface area contributed by atoms with Gasteiger partial charge < -0.3 is 11.1 Å². The van der Waals surface area contributed by atoms with Crippen LogP contribution in [0.1, 0.15) is 54.6 Å². The van der Waals surface area contributed by atoms with Gasteiger partial charge >= 0.3 is 0 Å². The summed E-state index contributed by atoms with van der Waals surface area (Å²) in [4.78, 5) is 17.8. The molecule has 0 radical (unpaired) electrons. The van der Waals surface area contributed by atoms with Crippen molar-refractivity contribution in [2.75, 3.05) is 6.54 Å². The molecule has 2 aliphatic carbocycles. The van der Waals surface area contributed by atoms with E-state index in [2.05, 4.69) is 5.32 Å². The van der Waals surface area contributed by atoms with Crippen molar-refractivity contribution in [1.82, 2.24) is 10.3 Å². The van der Waals surface area contributed by atoms with E-state index in [0.29, 0.717) is 29.0 Å². The molecule has 0 saturated heterocycles. The number of aromatic nitrogens is 1. The number of amides is 1. The second-order valence-electron chi connectivity index (χ2n) is 7.38. The van der Waals surface area contributed by atoms with E-state index in [0.717, 1.165) is 42.3 Å². The van der Waals surface area contributed by atoms with E-state index in [4.69, 9.17) is 22.3 Å². The summed E-state index contributed by atoms with van der Waals surface area (Å²) in [6, 6.07) is 7.48.